The molecule has 21 heavy (non-hydrogen) atoms. The predicted molar refractivity (Wildman–Crippen MR) is 78.5 cm³/mol. The van der Waals surface area contributed by atoms with E-state index < -0.39 is 10.0 Å². The van der Waals surface area contributed by atoms with Crippen LogP contribution in [0.5, 0.6) is 5.75 Å². The minimum atomic E-state index is -3.44. The SMILES string of the molecule is CS(=O)(=O)Nc1ccc(N(O)O)cc1OC1CCCCC1. The van der Waals surface area contributed by atoms with E-state index in [0.29, 0.717) is 0 Å². The van der Waals surface area contributed by atoms with Crippen LogP contribution in [0.1, 0.15) is 32.1 Å². The van der Waals surface area contributed by atoms with E-state index in [1.807, 2.05) is 0 Å². The molecular formula is C13H20N2O5S. The van der Waals surface area contributed by atoms with Crippen LogP contribution in [0.25, 0.3) is 0 Å². The lowest BCUT2D eigenvalue weighted by Crippen LogP contribution is -2.21. The van der Waals surface area contributed by atoms with Crippen LogP contribution in [-0.4, -0.2) is 31.2 Å². The number of hydrogen-bond donors (Lipinski definition) is 3. The molecule has 0 unspecified atom stereocenters. The Labute approximate surface area is 124 Å². The van der Waals surface area contributed by atoms with Crippen molar-refractivity contribution in [1.29, 1.82) is 0 Å². The molecule has 0 amide bonds. The lowest BCUT2D eigenvalue weighted by molar-refractivity contribution is 0.0289. The van der Waals surface area contributed by atoms with Crippen molar-refractivity contribution in [3.63, 3.8) is 0 Å². The summed E-state index contributed by atoms with van der Waals surface area (Å²) in [5, 5.41) is 18.1. The molecule has 8 heteroatoms. The lowest BCUT2D eigenvalue weighted by Gasteiger charge is -2.25. The van der Waals surface area contributed by atoms with Gasteiger partial charge in [0.05, 0.1) is 23.7 Å². The molecule has 1 fully saturated rings. The molecule has 0 spiro atoms. The number of anilines is 2. The average Bonchev–Trinajstić information content (AvgIpc) is 2.40. The molecule has 0 bridgehead atoms. The minimum Gasteiger partial charge on any atom is -0.488 e. The van der Waals surface area contributed by atoms with Crippen LogP contribution in [0, 0.1) is 0 Å². The first-order valence-corrected chi connectivity index (χ1v) is 8.71. The fraction of sp³-hybridized carbons (Fsp3) is 0.538. The van der Waals surface area contributed by atoms with Crippen molar-refractivity contribution in [2.75, 3.05) is 16.2 Å². The molecule has 0 aromatic heterocycles. The van der Waals surface area contributed by atoms with E-state index in [-0.39, 0.29) is 28.5 Å². The van der Waals surface area contributed by atoms with E-state index in [9.17, 15) is 8.42 Å². The van der Waals surface area contributed by atoms with Gasteiger partial charge in [0.25, 0.3) is 0 Å². The third kappa shape index (κ3) is 4.76. The summed E-state index contributed by atoms with van der Waals surface area (Å²) in [4.78, 5) is 0. The van der Waals surface area contributed by atoms with Gasteiger partial charge in [0.2, 0.25) is 10.0 Å². The van der Waals surface area contributed by atoms with Crippen molar-refractivity contribution < 1.29 is 23.6 Å². The first-order chi connectivity index (χ1) is 9.85. The second-order valence-corrected chi connectivity index (χ2v) is 6.97. The summed E-state index contributed by atoms with van der Waals surface area (Å²) in [5.41, 5.74) is 0.383. The number of nitrogens with one attached hydrogen (secondary N) is 1. The molecule has 0 radical (unpaired) electrons. The van der Waals surface area contributed by atoms with Gasteiger partial charge in [-0.25, -0.2) is 8.42 Å². The largest absolute Gasteiger partial charge is 0.488 e. The molecule has 2 rings (SSSR count). The molecule has 1 aromatic carbocycles. The third-order valence-electron chi connectivity index (χ3n) is 3.34. The first kappa shape index (κ1) is 15.9. The maximum atomic E-state index is 11.4. The van der Waals surface area contributed by atoms with E-state index in [0.717, 1.165) is 31.9 Å². The Morgan fingerprint density at radius 1 is 1.24 bits per heavy atom. The van der Waals surface area contributed by atoms with E-state index in [1.54, 1.807) is 0 Å². The van der Waals surface area contributed by atoms with Gasteiger partial charge in [-0.2, -0.15) is 0 Å². The first-order valence-electron chi connectivity index (χ1n) is 6.81. The number of hydrogen-bond acceptors (Lipinski definition) is 6. The molecule has 7 nitrogen and oxygen atoms in total. The van der Waals surface area contributed by atoms with Gasteiger partial charge in [0.1, 0.15) is 5.75 Å². The second-order valence-electron chi connectivity index (χ2n) is 5.22. The highest BCUT2D eigenvalue weighted by atomic mass is 32.2. The van der Waals surface area contributed by atoms with Gasteiger partial charge < -0.3 is 4.74 Å². The quantitative estimate of drug-likeness (QED) is 0.721. The molecular weight excluding hydrogens is 296 g/mol. The van der Waals surface area contributed by atoms with Crippen molar-refractivity contribution in [2.45, 2.75) is 38.2 Å². The zero-order valence-electron chi connectivity index (χ0n) is 11.8. The van der Waals surface area contributed by atoms with Crippen LogP contribution in [0.2, 0.25) is 0 Å². The fourth-order valence-electron chi connectivity index (χ4n) is 2.38. The molecule has 1 aromatic rings. The molecule has 118 valence electrons. The summed E-state index contributed by atoms with van der Waals surface area (Å²) < 4.78 is 31.0. The number of nitrogens with zero attached hydrogens (tertiary/aromatic N) is 1. The maximum absolute atomic E-state index is 11.4. The summed E-state index contributed by atoms with van der Waals surface area (Å²) >= 11 is 0. The van der Waals surface area contributed by atoms with E-state index in [4.69, 9.17) is 15.2 Å². The van der Waals surface area contributed by atoms with Gasteiger partial charge in [-0.3, -0.25) is 15.1 Å². The van der Waals surface area contributed by atoms with Gasteiger partial charge in [-0.05, 0) is 37.8 Å². The van der Waals surface area contributed by atoms with Crippen LogP contribution in [0.15, 0.2) is 18.2 Å². The Balaban J connectivity index is 2.26. The summed E-state index contributed by atoms with van der Waals surface area (Å²) in [6, 6.07) is 4.21. The summed E-state index contributed by atoms with van der Waals surface area (Å²) in [5.74, 6) is 0.290. The normalized spacial score (nSPS) is 16.5. The van der Waals surface area contributed by atoms with Gasteiger partial charge in [-0.1, -0.05) is 6.42 Å². The number of sulfonamides is 1. The van der Waals surface area contributed by atoms with Crippen LogP contribution in [0.4, 0.5) is 11.4 Å². The monoisotopic (exact) mass is 316 g/mol. The van der Waals surface area contributed by atoms with Gasteiger partial charge in [0, 0.05) is 6.07 Å². The number of rotatable bonds is 5. The molecule has 0 atom stereocenters. The third-order valence-corrected chi connectivity index (χ3v) is 3.93. The molecule has 1 aliphatic carbocycles. The predicted octanol–water partition coefficient (Wildman–Crippen LogP) is 2.35. The van der Waals surface area contributed by atoms with Crippen LogP contribution >= 0.6 is 0 Å². The Kier molecular flexibility index (Phi) is 4.92. The average molecular weight is 316 g/mol. The fourth-order valence-corrected chi connectivity index (χ4v) is 2.95. The Bertz CT molecular complexity index is 582. The minimum absolute atomic E-state index is 0.0138. The summed E-state index contributed by atoms with van der Waals surface area (Å²) in [6.45, 7) is 0. The Hall–Kier alpha value is -1.51. The zero-order valence-corrected chi connectivity index (χ0v) is 12.6. The maximum Gasteiger partial charge on any atom is 0.229 e. The highest BCUT2D eigenvalue weighted by Gasteiger charge is 2.18. The second kappa shape index (κ2) is 6.50. The number of benzene rings is 1. The highest BCUT2D eigenvalue weighted by Crippen LogP contribution is 2.33. The van der Waals surface area contributed by atoms with Crippen molar-refractivity contribution in [3.8, 4) is 5.75 Å². The van der Waals surface area contributed by atoms with Gasteiger partial charge >= 0.3 is 0 Å². The smallest absolute Gasteiger partial charge is 0.229 e. The summed E-state index contributed by atoms with van der Waals surface area (Å²) in [6.07, 6.45) is 6.21. The molecule has 0 saturated heterocycles. The molecule has 0 aliphatic heterocycles. The lowest BCUT2D eigenvalue weighted by atomic mass is 9.98. The standard InChI is InChI=1S/C13H20N2O5S/c1-21(18,19)14-12-8-7-10(15(16)17)9-13(12)20-11-5-3-2-4-6-11/h7-9,11,14,16-17H,2-6H2,1H3. The van der Waals surface area contributed by atoms with Crippen LogP contribution in [-0.2, 0) is 10.0 Å². The van der Waals surface area contributed by atoms with Crippen molar-refractivity contribution in [1.82, 2.24) is 0 Å². The van der Waals surface area contributed by atoms with Crippen molar-refractivity contribution in [3.05, 3.63) is 18.2 Å². The number of ether oxygens (including phenoxy) is 1. The molecule has 1 aliphatic rings. The molecule has 3 N–H and O–H groups in total. The van der Waals surface area contributed by atoms with Crippen molar-refractivity contribution >= 4 is 21.4 Å². The van der Waals surface area contributed by atoms with Crippen LogP contribution in [0.3, 0.4) is 0 Å². The van der Waals surface area contributed by atoms with E-state index in [1.165, 1.54) is 24.6 Å². The topological polar surface area (TPSA) is 99.1 Å². The van der Waals surface area contributed by atoms with E-state index in [2.05, 4.69) is 4.72 Å². The molecule has 0 heterocycles. The van der Waals surface area contributed by atoms with Crippen molar-refractivity contribution in [2.24, 2.45) is 0 Å². The Morgan fingerprint density at radius 2 is 1.90 bits per heavy atom. The summed E-state index contributed by atoms with van der Waals surface area (Å²) in [7, 11) is -3.44. The zero-order chi connectivity index (χ0) is 15.5. The highest BCUT2D eigenvalue weighted by molar-refractivity contribution is 7.92. The van der Waals surface area contributed by atoms with E-state index >= 15 is 0 Å². The molecule has 1 saturated carbocycles. The van der Waals surface area contributed by atoms with Crippen LogP contribution < -0.4 is 14.7 Å². The van der Waals surface area contributed by atoms with Gasteiger partial charge in [-0.15, -0.1) is 5.23 Å². The van der Waals surface area contributed by atoms with Gasteiger partial charge in [0.15, 0.2) is 0 Å². The Morgan fingerprint density at radius 3 is 2.48 bits per heavy atom.